The van der Waals surface area contributed by atoms with Gasteiger partial charge in [0.05, 0.1) is 18.5 Å². The molecular weight excluding hydrogens is 459 g/mol. The largest absolute Gasteiger partial charge is 0.497 e. The molecule has 4 rings (SSSR count). The minimum Gasteiger partial charge on any atom is -0.497 e. The van der Waals surface area contributed by atoms with Crippen molar-refractivity contribution in [3.63, 3.8) is 0 Å². The molecular formula is C25H24ClFN4O3. The number of hydrogen-bond donors (Lipinski definition) is 1. The zero-order valence-corrected chi connectivity index (χ0v) is 19.6. The minimum absolute atomic E-state index is 0.234. The molecule has 0 radical (unpaired) electrons. The second kappa shape index (κ2) is 10.1. The second-order valence-corrected chi connectivity index (χ2v) is 8.28. The molecule has 176 valence electrons. The Labute approximate surface area is 201 Å². The van der Waals surface area contributed by atoms with Crippen molar-refractivity contribution >= 4 is 35.2 Å². The highest BCUT2D eigenvalue weighted by Gasteiger charge is 2.33. The Morgan fingerprint density at radius 1 is 1.18 bits per heavy atom. The lowest BCUT2D eigenvalue weighted by atomic mass is 10.2. The van der Waals surface area contributed by atoms with Crippen LogP contribution in [0.4, 0.5) is 10.1 Å². The molecule has 1 unspecified atom stereocenters. The molecule has 1 fully saturated rings. The monoisotopic (exact) mass is 482 g/mol. The molecule has 1 aliphatic rings. The number of methoxy groups -OCH3 is 1. The number of aromatic nitrogens is 2. The molecule has 0 aliphatic carbocycles. The van der Waals surface area contributed by atoms with Crippen molar-refractivity contribution < 1.29 is 18.7 Å². The van der Waals surface area contributed by atoms with Gasteiger partial charge in [-0.3, -0.25) is 9.59 Å². The lowest BCUT2D eigenvalue weighted by molar-refractivity contribution is -0.132. The molecule has 1 aromatic heterocycles. The Morgan fingerprint density at radius 3 is 2.56 bits per heavy atom. The maximum absolute atomic E-state index is 13.2. The average molecular weight is 483 g/mol. The summed E-state index contributed by atoms with van der Waals surface area (Å²) in [7, 11) is 1.57. The molecule has 0 saturated carbocycles. The van der Waals surface area contributed by atoms with Crippen LogP contribution in [0.25, 0.3) is 11.8 Å². The molecule has 2 aromatic carbocycles. The van der Waals surface area contributed by atoms with Crippen molar-refractivity contribution in [3.05, 3.63) is 76.8 Å². The Kier molecular flexibility index (Phi) is 6.98. The molecule has 34 heavy (non-hydrogen) atoms. The molecule has 0 spiro atoms. The van der Waals surface area contributed by atoms with Crippen molar-refractivity contribution in [1.29, 1.82) is 0 Å². The van der Waals surface area contributed by atoms with Crippen LogP contribution in [0, 0.1) is 12.7 Å². The lowest BCUT2D eigenvalue weighted by Crippen LogP contribution is -2.42. The highest BCUT2D eigenvalue weighted by molar-refractivity contribution is 6.31. The zero-order chi connectivity index (χ0) is 24.2. The number of likely N-dealkylation sites (tertiary alicyclic amines) is 1. The number of benzene rings is 2. The minimum atomic E-state index is -0.558. The zero-order valence-electron chi connectivity index (χ0n) is 18.8. The van der Waals surface area contributed by atoms with Crippen LogP contribution in [0.1, 0.15) is 24.1 Å². The van der Waals surface area contributed by atoms with Crippen LogP contribution in [-0.4, -0.2) is 46.2 Å². The standard InChI is InChI=1S/C25H24ClFN4O3/c1-16-21(24(26)31(29-16)19-9-5-17(27)6-10-19)13-14-23(32)30-15-3-4-22(30)25(33)28-18-7-11-20(34-2)12-8-18/h5-14,22H,3-4,15H2,1-2H3,(H,28,33). The number of carbonyl (C=O) groups excluding carboxylic acids is 2. The number of ether oxygens (including phenoxy) is 1. The maximum atomic E-state index is 13.2. The van der Waals surface area contributed by atoms with E-state index < -0.39 is 6.04 Å². The van der Waals surface area contributed by atoms with Crippen LogP contribution in [0.3, 0.4) is 0 Å². The number of hydrogen-bond acceptors (Lipinski definition) is 4. The van der Waals surface area contributed by atoms with Gasteiger partial charge in [0.25, 0.3) is 0 Å². The van der Waals surface area contributed by atoms with Crippen molar-refractivity contribution in [3.8, 4) is 11.4 Å². The van der Waals surface area contributed by atoms with E-state index in [9.17, 15) is 14.0 Å². The van der Waals surface area contributed by atoms with Gasteiger partial charge in [0.2, 0.25) is 11.8 Å². The molecule has 9 heteroatoms. The number of nitrogens with one attached hydrogen (secondary N) is 1. The number of rotatable bonds is 6. The van der Waals surface area contributed by atoms with E-state index in [2.05, 4.69) is 10.4 Å². The van der Waals surface area contributed by atoms with Crippen LogP contribution < -0.4 is 10.1 Å². The molecule has 1 atom stereocenters. The molecule has 1 N–H and O–H groups in total. The first-order valence-corrected chi connectivity index (χ1v) is 11.2. The molecule has 1 saturated heterocycles. The topological polar surface area (TPSA) is 76.5 Å². The summed E-state index contributed by atoms with van der Waals surface area (Å²) < 4.78 is 19.9. The number of anilines is 1. The SMILES string of the molecule is COc1ccc(NC(=O)C2CCCN2C(=O)C=Cc2c(C)nn(-c3ccc(F)cc3)c2Cl)cc1. The Bertz CT molecular complexity index is 1220. The lowest BCUT2D eigenvalue weighted by Gasteiger charge is -2.22. The Hall–Kier alpha value is -3.65. The van der Waals surface area contributed by atoms with Crippen molar-refractivity contribution in [2.75, 3.05) is 19.0 Å². The molecule has 2 heterocycles. The third kappa shape index (κ3) is 4.97. The van der Waals surface area contributed by atoms with Crippen LogP contribution in [0.2, 0.25) is 5.15 Å². The fraction of sp³-hybridized carbons (Fsp3) is 0.240. The molecule has 0 bridgehead atoms. The van der Waals surface area contributed by atoms with E-state index in [-0.39, 0.29) is 17.6 Å². The van der Waals surface area contributed by atoms with Crippen LogP contribution in [0.5, 0.6) is 5.75 Å². The number of nitrogens with zero attached hydrogens (tertiary/aromatic N) is 3. The van der Waals surface area contributed by atoms with Gasteiger partial charge in [0, 0.05) is 23.9 Å². The van der Waals surface area contributed by atoms with Gasteiger partial charge in [-0.05, 0) is 74.4 Å². The summed E-state index contributed by atoms with van der Waals surface area (Å²) in [5, 5.41) is 7.57. The van der Waals surface area contributed by atoms with Gasteiger partial charge in [-0.2, -0.15) is 5.10 Å². The molecule has 3 aromatic rings. The first-order chi connectivity index (χ1) is 16.4. The summed E-state index contributed by atoms with van der Waals surface area (Å²) in [6, 6.07) is 12.3. The Balaban J connectivity index is 1.46. The highest BCUT2D eigenvalue weighted by atomic mass is 35.5. The van der Waals surface area contributed by atoms with E-state index in [1.165, 1.54) is 22.9 Å². The third-order valence-corrected chi connectivity index (χ3v) is 6.07. The van der Waals surface area contributed by atoms with Crippen LogP contribution in [0.15, 0.2) is 54.6 Å². The van der Waals surface area contributed by atoms with Gasteiger partial charge in [-0.15, -0.1) is 0 Å². The van der Waals surface area contributed by atoms with Crippen molar-refractivity contribution in [2.24, 2.45) is 0 Å². The Morgan fingerprint density at radius 2 is 1.88 bits per heavy atom. The number of halogens is 2. The van der Waals surface area contributed by atoms with Crippen molar-refractivity contribution in [2.45, 2.75) is 25.8 Å². The average Bonchev–Trinajstić information content (AvgIpc) is 3.44. The predicted octanol–water partition coefficient (Wildman–Crippen LogP) is 4.62. The van der Waals surface area contributed by atoms with Crippen LogP contribution in [-0.2, 0) is 9.59 Å². The van der Waals surface area contributed by atoms with Gasteiger partial charge in [0.15, 0.2) is 0 Å². The van der Waals surface area contributed by atoms with Gasteiger partial charge in [-0.1, -0.05) is 11.6 Å². The molecule has 1 aliphatic heterocycles. The van der Waals surface area contributed by atoms with Crippen LogP contribution >= 0.6 is 11.6 Å². The quantitative estimate of drug-likeness (QED) is 0.520. The number of aryl methyl sites for hydroxylation is 1. The number of amides is 2. The summed E-state index contributed by atoms with van der Waals surface area (Å²) in [6.07, 6.45) is 4.33. The smallest absolute Gasteiger partial charge is 0.247 e. The molecule has 7 nitrogen and oxygen atoms in total. The molecule has 2 amide bonds. The van der Waals surface area contributed by atoms with Gasteiger partial charge in [-0.25, -0.2) is 9.07 Å². The van der Waals surface area contributed by atoms with E-state index >= 15 is 0 Å². The predicted molar refractivity (Wildman–Crippen MR) is 129 cm³/mol. The van der Waals surface area contributed by atoms with Gasteiger partial charge in [0.1, 0.15) is 22.8 Å². The normalized spacial score (nSPS) is 15.6. The van der Waals surface area contributed by atoms with E-state index in [1.807, 2.05) is 0 Å². The third-order valence-electron chi connectivity index (χ3n) is 5.71. The summed E-state index contributed by atoms with van der Waals surface area (Å²) >= 11 is 6.50. The van der Waals surface area contributed by atoms with Crippen molar-refractivity contribution in [1.82, 2.24) is 14.7 Å². The van der Waals surface area contributed by atoms with E-state index in [0.717, 1.165) is 6.42 Å². The van der Waals surface area contributed by atoms with Gasteiger partial charge >= 0.3 is 0 Å². The van der Waals surface area contributed by atoms with E-state index in [4.69, 9.17) is 16.3 Å². The second-order valence-electron chi connectivity index (χ2n) is 7.92. The first-order valence-electron chi connectivity index (χ1n) is 10.8. The summed E-state index contributed by atoms with van der Waals surface area (Å²) in [5.74, 6) is -0.177. The van der Waals surface area contributed by atoms with Gasteiger partial charge < -0.3 is 15.0 Å². The number of carbonyl (C=O) groups is 2. The fourth-order valence-corrected chi connectivity index (χ4v) is 4.24. The fourth-order valence-electron chi connectivity index (χ4n) is 3.91. The maximum Gasteiger partial charge on any atom is 0.247 e. The first kappa shape index (κ1) is 23.5. The highest BCUT2D eigenvalue weighted by Crippen LogP contribution is 2.26. The summed E-state index contributed by atoms with van der Waals surface area (Å²) in [4.78, 5) is 27.3. The summed E-state index contributed by atoms with van der Waals surface area (Å²) in [5.41, 5.74) is 2.44. The van der Waals surface area contributed by atoms with E-state index in [0.29, 0.717) is 46.5 Å². The summed E-state index contributed by atoms with van der Waals surface area (Å²) in [6.45, 7) is 2.27. The van der Waals surface area contributed by atoms with E-state index in [1.54, 1.807) is 61.4 Å².